The number of aliphatic hydroxyl groups excluding tert-OH is 1. The first-order chi connectivity index (χ1) is 6.40. The van der Waals surface area contributed by atoms with Crippen LogP contribution in [0.5, 0.6) is 0 Å². The van der Waals surface area contributed by atoms with Gasteiger partial charge in [-0.15, -0.1) is 0 Å². The van der Waals surface area contributed by atoms with Gasteiger partial charge in [-0.05, 0) is 31.7 Å². The Hall–Kier alpha value is -0.120. The third-order valence-electron chi connectivity index (χ3n) is 3.31. The lowest BCUT2D eigenvalue weighted by Crippen LogP contribution is -2.40. The second-order valence-corrected chi connectivity index (χ2v) is 4.30. The van der Waals surface area contributed by atoms with Crippen molar-refractivity contribution in [2.24, 2.45) is 5.92 Å². The van der Waals surface area contributed by atoms with E-state index >= 15 is 0 Å². The van der Waals surface area contributed by atoms with Gasteiger partial charge in [0.2, 0.25) is 0 Å². The van der Waals surface area contributed by atoms with Crippen LogP contribution in [0.3, 0.4) is 0 Å². The summed E-state index contributed by atoms with van der Waals surface area (Å²) in [5, 5.41) is 12.3. The number of hydrogen-bond donors (Lipinski definition) is 2. The highest BCUT2D eigenvalue weighted by atomic mass is 16.3. The van der Waals surface area contributed by atoms with Crippen LogP contribution in [-0.2, 0) is 0 Å². The molecule has 3 nitrogen and oxygen atoms in total. The van der Waals surface area contributed by atoms with Crippen LogP contribution in [-0.4, -0.2) is 48.8 Å². The Morgan fingerprint density at radius 2 is 2.31 bits per heavy atom. The Morgan fingerprint density at radius 1 is 1.38 bits per heavy atom. The molecule has 76 valence electrons. The first-order valence-electron chi connectivity index (χ1n) is 5.47. The van der Waals surface area contributed by atoms with Crippen molar-refractivity contribution >= 4 is 0 Å². The maximum absolute atomic E-state index is 8.74. The molecule has 0 spiro atoms. The van der Waals surface area contributed by atoms with E-state index in [2.05, 4.69) is 10.2 Å². The van der Waals surface area contributed by atoms with Crippen LogP contribution in [0.25, 0.3) is 0 Å². The zero-order valence-corrected chi connectivity index (χ0v) is 8.21. The van der Waals surface area contributed by atoms with Crippen molar-refractivity contribution in [1.29, 1.82) is 0 Å². The van der Waals surface area contributed by atoms with Gasteiger partial charge in [0.25, 0.3) is 0 Å². The number of rotatable bonds is 3. The maximum atomic E-state index is 8.74. The molecule has 2 saturated heterocycles. The summed E-state index contributed by atoms with van der Waals surface area (Å²) in [5.41, 5.74) is 0. The molecule has 2 aliphatic heterocycles. The Bertz CT molecular complexity index is 149. The van der Waals surface area contributed by atoms with Crippen molar-refractivity contribution in [2.45, 2.75) is 25.3 Å². The lowest BCUT2D eigenvalue weighted by atomic mass is 9.94. The molecule has 3 heteroatoms. The number of piperidine rings is 1. The average Bonchev–Trinajstić information content (AvgIpc) is 2.57. The Morgan fingerprint density at radius 3 is 3.08 bits per heavy atom. The van der Waals surface area contributed by atoms with E-state index in [4.69, 9.17) is 5.11 Å². The largest absolute Gasteiger partial charge is 0.396 e. The quantitative estimate of drug-likeness (QED) is 0.651. The van der Waals surface area contributed by atoms with Crippen molar-refractivity contribution < 1.29 is 5.11 Å². The van der Waals surface area contributed by atoms with Crippen molar-refractivity contribution in [1.82, 2.24) is 10.2 Å². The van der Waals surface area contributed by atoms with Gasteiger partial charge in [0.05, 0.1) is 0 Å². The molecule has 0 bridgehead atoms. The molecule has 2 atom stereocenters. The van der Waals surface area contributed by atoms with Crippen LogP contribution < -0.4 is 5.32 Å². The first kappa shape index (κ1) is 9.44. The maximum Gasteiger partial charge on any atom is 0.0443 e. The number of hydrogen-bond acceptors (Lipinski definition) is 3. The summed E-state index contributed by atoms with van der Waals surface area (Å²) in [4.78, 5) is 2.49. The molecule has 2 heterocycles. The van der Waals surface area contributed by atoms with Gasteiger partial charge in [0.1, 0.15) is 0 Å². The number of nitrogens with zero attached hydrogens (tertiary/aromatic N) is 1. The molecular formula is C10H20N2O. The van der Waals surface area contributed by atoms with Gasteiger partial charge in [-0.2, -0.15) is 0 Å². The van der Waals surface area contributed by atoms with Crippen LogP contribution in [0.4, 0.5) is 0 Å². The van der Waals surface area contributed by atoms with Gasteiger partial charge in [-0.25, -0.2) is 0 Å². The smallest absolute Gasteiger partial charge is 0.0443 e. The molecule has 0 aromatic heterocycles. The highest BCUT2D eigenvalue weighted by Crippen LogP contribution is 2.24. The van der Waals surface area contributed by atoms with E-state index < -0.39 is 0 Å². The van der Waals surface area contributed by atoms with Crippen LogP contribution in [0, 0.1) is 5.92 Å². The molecule has 0 saturated carbocycles. The van der Waals surface area contributed by atoms with Gasteiger partial charge in [0.15, 0.2) is 0 Å². The van der Waals surface area contributed by atoms with E-state index in [1.165, 1.54) is 32.5 Å². The Balaban J connectivity index is 1.77. The van der Waals surface area contributed by atoms with Crippen molar-refractivity contribution in [3.05, 3.63) is 0 Å². The molecule has 2 rings (SSSR count). The molecule has 13 heavy (non-hydrogen) atoms. The second kappa shape index (κ2) is 4.40. The minimum absolute atomic E-state index is 0.333. The van der Waals surface area contributed by atoms with E-state index in [0.29, 0.717) is 6.61 Å². The summed E-state index contributed by atoms with van der Waals surface area (Å²) in [6.07, 6.45) is 3.67. The van der Waals surface area contributed by atoms with Crippen LogP contribution in [0.2, 0.25) is 0 Å². The van der Waals surface area contributed by atoms with Gasteiger partial charge in [0, 0.05) is 32.3 Å². The minimum atomic E-state index is 0.333. The molecule has 0 unspecified atom stereocenters. The molecule has 0 radical (unpaired) electrons. The normalized spacial score (nSPS) is 34.8. The third-order valence-corrected chi connectivity index (χ3v) is 3.31. The van der Waals surface area contributed by atoms with Crippen LogP contribution >= 0.6 is 0 Å². The lowest BCUT2D eigenvalue weighted by molar-refractivity contribution is 0.243. The Kier molecular flexibility index (Phi) is 3.19. The molecule has 0 amide bonds. The minimum Gasteiger partial charge on any atom is -0.396 e. The SMILES string of the molecule is OCCCN1C[C@@H]2CCCN[C@@H]2C1. The van der Waals surface area contributed by atoms with E-state index in [0.717, 1.165) is 24.9 Å². The lowest BCUT2D eigenvalue weighted by Gasteiger charge is -2.24. The summed E-state index contributed by atoms with van der Waals surface area (Å²) in [7, 11) is 0. The molecule has 2 N–H and O–H groups in total. The highest BCUT2D eigenvalue weighted by Gasteiger charge is 2.33. The van der Waals surface area contributed by atoms with Crippen LogP contribution in [0.15, 0.2) is 0 Å². The van der Waals surface area contributed by atoms with E-state index in [9.17, 15) is 0 Å². The van der Waals surface area contributed by atoms with Crippen molar-refractivity contribution in [2.75, 3.05) is 32.8 Å². The van der Waals surface area contributed by atoms with Gasteiger partial charge in [-0.1, -0.05) is 0 Å². The number of aliphatic hydroxyl groups is 1. The number of nitrogens with one attached hydrogen (secondary N) is 1. The fourth-order valence-corrected chi connectivity index (χ4v) is 2.61. The van der Waals surface area contributed by atoms with Gasteiger partial charge >= 0.3 is 0 Å². The molecule has 0 aromatic carbocycles. The second-order valence-electron chi connectivity index (χ2n) is 4.30. The topological polar surface area (TPSA) is 35.5 Å². The monoisotopic (exact) mass is 184 g/mol. The predicted molar refractivity (Wildman–Crippen MR) is 52.7 cm³/mol. The summed E-state index contributed by atoms with van der Waals surface area (Å²) in [6.45, 7) is 5.06. The highest BCUT2D eigenvalue weighted by molar-refractivity contribution is 4.91. The summed E-state index contributed by atoms with van der Waals surface area (Å²) in [6, 6.07) is 0.743. The molecular weight excluding hydrogens is 164 g/mol. The van der Waals surface area contributed by atoms with Crippen molar-refractivity contribution in [3.63, 3.8) is 0 Å². The fraction of sp³-hybridized carbons (Fsp3) is 1.00. The standard InChI is InChI=1S/C10H20N2O/c13-6-2-5-12-7-9-3-1-4-11-10(9)8-12/h9-11,13H,1-8H2/t9-,10+/m0/s1. The number of fused-ring (bicyclic) bond motifs is 1. The van der Waals surface area contributed by atoms with Crippen molar-refractivity contribution in [3.8, 4) is 0 Å². The van der Waals surface area contributed by atoms with E-state index in [1.54, 1.807) is 0 Å². The summed E-state index contributed by atoms with van der Waals surface area (Å²) in [5.74, 6) is 0.882. The average molecular weight is 184 g/mol. The zero-order valence-electron chi connectivity index (χ0n) is 8.21. The summed E-state index contributed by atoms with van der Waals surface area (Å²) < 4.78 is 0. The molecule has 2 aliphatic rings. The van der Waals surface area contributed by atoms with E-state index in [-0.39, 0.29) is 0 Å². The molecule has 2 fully saturated rings. The summed E-state index contributed by atoms with van der Waals surface area (Å²) >= 11 is 0. The van der Waals surface area contributed by atoms with Crippen LogP contribution in [0.1, 0.15) is 19.3 Å². The molecule has 0 aliphatic carbocycles. The zero-order chi connectivity index (χ0) is 9.10. The van der Waals surface area contributed by atoms with E-state index in [1.807, 2.05) is 0 Å². The first-order valence-corrected chi connectivity index (χ1v) is 5.47. The third kappa shape index (κ3) is 2.22. The van der Waals surface area contributed by atoms with Gasteiger partial charge in [-0.3, -0.25) is 0 Å². The predicted octanol–water partition coefficient (Wildman–Crippen LogP) is 0.0526. The van der Waals surface area contributed by atoms with Gasteiger partial charge < -0.3 is 15.3 Å². The Labute approximate surface area is 80.1 Å². The number of likely N-dealkylation sites (tertiary alicyclic amines) is 1. The molecule has 0 aromatic rings. The fourth-order valence-electron chi connectivity index (χ4n) is 2.61.